The first-order chi connectivity index (χ1) is 8.61. The molecule has 1 aromatic heterocycles. The number of nitrogens with zero attached hydrogens (tertiary/aromatic N) is 1. The second-order valence-corrected chi connectivity index (χ2v) is 8.30. The van der Waals surface area contributed by atoms with Crippen molar-refractivity contribution in [2.75, 3.05) is 26.7 Å². The van der Waals surface area contributed by atoms with Gasteiger partial charge in [0.05, 0.1) is 13.1 Å². The Hall–Kier alpha value is 0.380. The summed E-state index contributed by atoms with van der Waals surface area (Å²) in [6, 6.07) is 1.90. The van der Waals surface area contributed by atoms with Crippen LogP contribution in [0.25, 0.3) is 0 Å². The predicted molar refractivity (Wildman–Crippen MR) is 89.5 cm³/mol. The number of piperidine rings is 1. The van der Waals surface area contributed by atoms with Crippen LogP contribution in [0.5, 0.6) is 0 Å². The zero-order valence-electron chi connectivity index (χ0n) is 10.6. The Morgan fingerprint density at radius 1 is 1.58 bits per heavy atom. The fourth-order valence-corrected chi connectivity index (χ4v) is 5.14. The van der Waals surface area contributed by atoms with Crippen LogP contribution in [0.4, 0.5) is 0 Å². The Morgan fingerprint density at radius 2 is 2.32 bits per heavy atom. The average Bonchev–Trinajstić information content (AvgIpc) is 2.68. The zero-order chi connectivity index (χ0) is 13.1. The normalized spacial score (nSPS) is 19.1. The Bertz CT molecular complexity index is 439. The van der Waals surface area contributed by atoms with Crippen LogP contribution >= 0.6 is 55.6 Å². The minimum absolute atomic E-state index is 0. The highest BCUT2D eigenvalue weighted by molar-refractivity contribution is 9.12. The van der Waals surface area contributed by atoms with Gasteiger partial charge in [-0.2, -0.15) is 0 Å². The van der Waals surface area contributed by atoms with Gasteiger partial charge in [-0.25, -0.2) is 0 Å². The summed E-state index contributed by atoms with van der Waals surface area (Å²) in [7, 11) is 1.97. The second kappa shape index (κ2) is 7.98. The van der Waals surface area contributed by atoms with E-state index >= 15 is 0 Å². The first-order valence-electron chi connectivity index (χ1n) is 6.00. The van der Waals surface area contributed by atoms with Crippen LogP contribution in [0, 0.1) is 5.92 Å². The summed E-state index contributed by atoms with van der Waals surface area (Å²) < 4.78 is 1.90. The van der Waals surface area contributed by atoms with Crippen molar-refractivity contribution in [3.8, 4) is 0 Å². The number of carbonyl (C=O) groups excluding carboxylic acids is 1. The molecule has 108 valence electrons. The Kier molecular flexibility index (Phi) is 7.32. The first-order valence-corrected chi connectivity index (χ1v) is 8.40. The van der Waals surface area contributed by atoms with Crippen molar-refractivity contribution in [1.82, 2.24) is 10.2 Å². The molecule has 0 radical (unpaired) electrons. The van der Waals surface area contributed by atoms with Gasteiger partial charge in [0.1, 0.15) is 0 Å². The molecule has 3 nitrogen and oxygen atoms in total. The summed E-state index contributed by atoms with van der Waals surface area (Å²) in [6.45, 7) is 2.72. The van der Waals surface area contributed by atoms with Crippen molar-refractivity contribution in [2.24, 2.45) is 5.92 Å². The van der Waals surface area contributed by atoms with E-state index in [1.165, 1.54) is 6.42 Å². The number of hydrogen-bond acceptors (Lipinski definition) is 3. The fraction of sp³-hybridized carbons (Fsp3) is 0.583. The highest BCUT2D eigenvalue weighted by Crippen LogP contribution is 2.33. The van der Waals surface area contributed by atoms with Gasteiger partial charge in [-0.15, -0.1) is 23.7 Å². The van der Waals surface area contributed by atoms with Crippen molar-refractivity contribution < 1.29 is 4.79 Å². The standard InChI is InChI=1S/C12H16Br2N2OS.ClH/c1-15-6-8-3-2-4-16(7-8)12(17)9-5-10(13)18-11(9)14;/h5,8,15H,2-4,6-7H2,1H3;1H. The number of amides is 1. The molecule has 1 fully saturated rings. The number of likely N-dealkylation sites (tertiary alicyclic amines) is 1. The maximum Gasteiger partial charge on any atom is 0.255 e. The van der Waals surface area contributed by atoms with Crippen LogP contribution in [0.3, 0.4) is 0 Å². The number of hydrogen-bond donors (Lipinski definition) is 1. The zero-order valence-corrected chi connectivity index (χ0v) is 15.4. The van der Waals surface area contributed by atoms with Gasteiger partial charge >= 0.3 is 0 Å². The van der Waals surface area contributed by atoms with E-state index in [2.05, 4.69) is 37.2 Å². The number of halogens is 3. The maximum atomic E-state index is 12.4. The van der Waals surface area contributed by atoms with E-state index in [1.54, 1.807) is 11.3 Å². The van der Waals surface area contributed by atoms with E-state index in [1.807, 2.05) is 18.0 Å². The van der Waals surface area contributed by atoms with Crippen LogP contribution in [0.2, 0.25) is 0 Å². The number of carbonyl (C=O) groups is 1. The van der Waals surface area contributed by atoms with Crippen LogP contribution in [0.15, 0.2) is 13.6 Å². The van der Waals surface area contributed by atoms with Crippen molar-refractivity contribution in [1.29, 1.82) is 0 Å². The van der Waals surface area contributed by atoms with Crippen LogP contribution in [0.1, 0.15) is 23.2 Å². The van der Waals surface area contributed by atoms with E-state index in [0.717, 1.165) is 39.2 Å². The molecule has 1 aliphatic rings. The molecule has 1 N–H and O–H groups in total. The van der Waals surface area contributed by atoms with Crippen molar-refractivity contribution in [3.05, 3.63) is 19.2 Å². The molecule has 19 heavy (non-hydrogen) atoms. The highest BCUT2D eigenvalue weighted by Gasteiger charge is 2.26. The Balaban J connectivity index is 0.00000180. The lowest BCUT2D eigenvalue weighted by Crippen LogP contribution is -2.42. The van der Waals surface area contributed by atoms with Gasteiger partial charge in [-0.05, 0) is 70.3 Å². The third-order valence-corrected chi connectivity index (χ3v) is 5.53. The summed E-state index contributed by atoms with van der Waals surface area (Å²) in [5, 5.41) is 3.20. The third kappa shape index (κ3) is 4.43. The minimum atomic E-state index is 0. The molecule has 1 unspecified atom stereocenters. The molecule has 0 aromatic carbocycles. The smallest absolute Gasteiger partial charge is 0.255 e. The molecule has 0 saturated carbocycles. The summed E-state index contributed by atoms with van der Waals surface area (Å²) in [5.74, 6) is 0.721. The molecule has 0 bridgehead atoms. The van der Waals surface area contributed by atoms with Gasteiger partial charge in [0.15, 0.2) is 0 Å². The van der Waals surface area contributed by atoms with Crippen LogP contribution < -0.4 is 5.32 Å². The topological polar surface area (TPSA) is 32.3 Å². The quantitative estimate of drug-likeness (QED) is 0.789. The molecular weight excluding hydrogens is 415 g/mol. The molecule has 0 aliphatic carbocycles. The van der Waals surface area contributed by atoms with Crippen LogP contribution in [-0.4, -0.2) is 37.5 Å². The summed E-state index contributed by atoms with van der Waals surface area (Å²) in [4.78, 5) is 14.4. The molecule has 1 amide bonds. The van der Waals surface area contributed by atoms with Crippen molar-refractivity contribution in [3.63, 3.8) is 0 Å². The lowest BCUT2D eigenvalue weighted by atomic mass is 9.97. The molecule has 2 heterocycles. The first kappa shape index (κ1) is 17.4. The molecule has 1 aliphatic heterocycles. The number of rotatable bonds is 3. The molecule has 1 aromatic rings. The highest BCUT2D eigenvalue weighted by atomic mass is 79.9. The van der Waals surface area contributed by atoms with E-state index in [0.29, 0.717) is 5.92 Å². The number of thiophene rings is 1. The van der Waals surface area contributed by atoms with Crippen LogP contribution in [-0.2, 0) is 0 Å². The Labute approximate surface area is 140 Å². The summed E-state index contributed by atoms with van der Waals surface area (Å²) in [5.41, 5.74) is 0.775. The van der Waals surface area contributed by atoms with Gasteiger partial charge < -0.3 is 10.2 Å². The second-order valence-electron chi connectivity index (χ2n) is 4.55. The van der Waals surface area contributed by atoms with E-state index in [9.17, 15) is 4.79 Å². The van der Waals surface area contributed by atoms with E-state index in [-0.39, 0.29) is 18.3 Å². The van der Waals surface area contributed by atoms with Crippen molar-refractivity contribution in [2.45, 2.75) is 12.8 Å². The average molecular weight is 433 g/mol. The van der Waals surface area contributed by atoms with Gasteiger partial charge in [-0.1, -0.05) is 0 Å². The maximum absolute atomic E-state index is 12.4. The molecule has 0 spiro atoms. The fourth-order valence-electron chi connectivity index (χ4n) is 2.36. The van der Waals surface area contributed by atoms with Gasteiger partial charge in [0.25, 0.3) is 5.91 Å². The van der Waals surface area contributed by atoms with E-state index < -0.39 is 0 Å². The lowest BCUT2D eigenvalue weighted by Gasteiger charge is -2.32. The third-order valence-electron chi connectivity index (χ3n) is 3.19. The molecular formula is C12H17Br2ClN2OS. The monoisotopic (exact) mass is 430 g/mol. The van der Waals surface area contributed by atoms with E-state index in [4.69, 9.17) is 0 Å². The molecule has 7 heteroatoms. The van der Waals surface area contributed by atoms with Gasteiger partial charge in [-0.3, -0.25) is 4.79 Å². The molecule has 1 atom stereocenters. The largest absolute Gasteiger partial charge is 0.338 e. The predicted octanol–water partition coefficient (Wildman–Crippen LogP) is 3.77. The SMILES string of the molecule is CNCC1CCCN(C(=O)c2cc(Br)sc2Br)C1.Cl. The summed E-state index contributed by atoms with van der Waals surface area (Å²) >= 11 is 8.42. The molecule has 1 saturated heterocycles. The minimum Gasteiger partial charge on any atom is -0.338 e. The van der Waals surface area contributed by atoms with Gasteiger partial charge in [0, 0.05) is 13.1 Å². The lowest BCUT2D eigenvalue weighted by molar-refractivity contribution is 0.0674. The molecule has 2 rings (SSSR count). The summed E-state index contributed by atoms with van der Waals surface area (Å²) in [6.07, 6.45) is 2.31. The number of nitrogens with one attached hydrogen (secondary N) is 1. The van der Waals surface area contributed by atoms with Gasteiger partial charge in [0.2, 0.25) is 0 Å². The van der Waals surface area contributed by atoms with Crippen molar-refractivity contribution >= 4 is 61.5 Å². The Morgan fingerprint density at radius 3 is 2.89 bits per heavy atom.